The average molecular weight is 301 g/mol. The summed E-state index contributed by atoms with van der Waals surface area (Å²) < 4.78 is 18.6. The van der Waals surface area contributed by atoms with Crippen molar-refractivity contribution < 1.29 is 9.13 Å². The van der Waals surface area contributed by atoms with Gasteiger partial charge in [-0.15, -0.1) is 0 Å². The van der Waals surface area contributed by atoms with Crippen LogP contribution in [0.1, 0.15) is 32.1 Å². The van der Waals surface area contributed by atoms with Crippen LogP contribution in [-0.2, 0) is 0 Å². The van der Waals surface area contributed by atoms with Crippen molar-refractivity contribution in [2.75, 3.05) is 18.0 Å². The monoisotopic (exact) mass is 301 g/mol. The van der Waals surface area contributed by atoms with E-state index in [1.807, 2.05) is 0 Å². The van der Waals surface area contributed by atoms with Gasteiger partial charge in [-0.2, -0.15) is 4.98 Å². The molecule has 3 rings (SSSR count). The molecular formula is C17H20FN3O. The van der Waals surface area contributed by atoms with Crippen LogP contribution >= 0.6 is 0 Å². The first-order valence-corrected chi connectivity index (χ1v) is 7.83. The molecule has 1 aliphatic heterocycles. The summed E-state index contributed by atoms with van der Waals surface area (Å²) >= 11 is 0. The maximum atomic E-state index is 12.9. The Labute approximate surface area is 130 Å². The molecule has 2 aromatic rings. The van der Waals surface area contributed by atoms with Gasteiger partial charge in [-0.05, 0) is 37.1 Å². The number of rotatable bonds is 3. The van der Waals surface area contributed by atoms with Crippen LogP contribution in [0.15, 0.2) is 36.5 Å². The molecular weight excluding hydrogens is 281 g/mol. The van der Waals surface area contributed by atoms with Crippen LogP contribution in [-0.4, -0.2) is 23.1 Å². The largest absolute Gasteiger partial charge is 0.439 e. The summed E-state index contributed by atoms with van der Waals surface area (Å²) in [6, 6.07) is 7.64. The highest BCUT2D eigenvalue weighted by molar-refractivity contribution is 5.34. The Morgan fingerprint density at radius 2 is 1.59 bits per heavy atom. The highest BCUT2D eigenvalue weighted by Gasteiger charge is 2.12. The van der Waals surface area contributed by atoms with E-state index in [4.69, 9.17) is 4.74 Å². The lowest BCUT2D eigenvalue weighted by Gasteiger charge is -2.24. The molecule has 5 heteroatoms. The van der Waals surface area contributed by atoms with Crippen LogP contribution in [0.4, 0.5) is 10.3 Å². The Morgan fingerprint density at radius 3 is 2.32 bits per heavy atom. The van der Waals surface area contributed by atoms with E-state index in [2.05, 4.69) is 14.9 Å². The zero-order valence-electron chi connectivity index (χ0n) is 12.5. The van der Waals surface area contributed by atoms with Gasteiger partial charge in [0.15, 0.2) is 0 Å². The number of hydrogen-bond donors (Lipinski definition) is 0. The number of nitrogens with zero attached hydrogens (tertiary/aromatic N) is 3. The third kappa shape index (κ3) is 3.93. The summed E-state index contributed by atoms with van der Waals surface area (Å²) in [5, 5.41) is 0. The molecule has 0 saturated carbocycles. The van der Waals surface area contributed by atoms with Crippen LogP contribution in [0, 0.1) is 5.82 Å². The van der Waals surface area contributed by atoms with E-state index in [1.165, 1.54) is 44.2 Å². The lowest BCUT2D eigenvalue weighted by molar-refractivity contribution is 0.458. The van der Waals surface area contributed by atoms with Gasteiger partial charge >= 0.3 is 0 Å². The minimum atomic E-state index is -0.281. The van der Waals surface area contributed by atoms with Gasteiger partial charge in [0.25, 0.3) is 0 Å². The molecule has 116 valence electrons. The van der Waals surface area contributed by atoms with Crippen molar-refractivity contribution in [3.8, 4) is 11.6 Å². The fraction of sp³-hybridized carbons (Fsp3) is 0.412. The molecule has 1 aliphatic rings. The molecule has 0 unspecified atom stereocenters. The lowest BCUT2D eigenvalue weighted by atomic mass is 10.1. The number of halogens is 1. The predicted molar refractivity (Wildman–Crippen MR) is 83.8 cm³/mol. The van der Waals surface area contributed by atoms with E-state index in [0.29, 0.717) is 17.6 Å². The number of benzene rings is 1. The average Bonchev–Trinajstić information content (AvgIpc) is 2.50. The third-order valence-corrected chi connectivity index (χ3v) is 3.79. The van der Waals surface area contributed by atoms with Gasteiger partial charge in [0.2, 0.25) is 11.8 Å². The van der Waals surface area contributed by atoms with Gasteiger partial charge in [-0.3, -0.25) is 0 Å². The Bertz CT molecular complexity index is 595. The summed E-state index contributed by atoms with van der Waals surface area (Å²) in [5.74, 6) is 1.48. The Hall–Kier alpha value is -2.17. The van der Waals surface area contributed by atoms with Crippen LogP contribution in [0.25, 0.3) is 0 Å². The minimum Gasteiger partial charge on any atom is -0.439 e. The lowest BCUT2D eigenvalue weighted by Crippen LogP contribution is -2.28. The zero-order valence-corrected chi connectivity index (χ0v) is 12.5. The van der Waals surface area contributed by atoms with Gasteiger partial charge in [-0.1, -0.05) is 19.3 Å². The van der Waals surface area contributed by atoms with Crippen LogP contribution in [0.5, 0.6) is 11.6 Å². The van der Waals surface area contributed by atoms with Crippen molar-refractivity contribution in [1.29, 1.82) is 0 Å². The molecule has 4 nitrogen and oxygen atoms in total. The predicted octanol–water partition coefficient (Wildman–Crippen LogP) is 4.18. The highest BCUT2D eigenvalue weighted by atomic mass is 19.1. The van der Waals surface area contributed by atoms with Crippen LogP contribution < -0.4 is 9.64 Å². The number of aromatic nitrogens is 2. The topological polar surface area (TPSA) is 38.2 Å². The highest BCUT2D eigenvalue weighted by Crippen LogP contribution is 2.22. The number of anilines is 1. The summed E-state index contributed by atoms with van der Waals surface area (Å²) in [7, 11) is 0. The Balaban J connectivity index is 1.72. The van der Waals surface area contributed by atoms with Crippen molar-refractivity contribution >= 4 is 5.95 Å². The van der Waals surface area contributed by atoms with E-state index in [-0.39, 0.29) is 5.82 Å². The summed E-state index contributed by atoms with van der Waals surface area (Å²) in [6.45, 7) is 1.97. The quantitative estimate of drug-likeness (QED) is 0.852. The van der Waals surface area contributed by atoms with Crippen molar-refractivity contribution in [2.24, 2.45) is 0 Å². The molecule has 1 saturated heterocycles. The van der Waals surface area contributed by atoms with Crippen molar-refractivity contribution in [3.05, 3.63) is 42.3 Å². The number of ether oxygens (including phenoxy) is 1. The molecule has 0 N–H and O–H groups in total. The van der Waals surface area contributed by atoms with E-state index in [1.54, 1.807) is 24.4 Å². The molecule has 22 heavy (non-hydrogen) atoms. The van der Waals surface area contributed by atoms with E-state index in [9.17, 15) is 4.39 Å². The molecule has 0 bridgehead atoms. The molecule has 2 heterocycles. The second-order valence-electron chi connectivity index (χ2n) is 5.51. The molecule has 0 amide bonds. The second-order valence-corrected chi connectivity index (χ2v) is 5.51. The first-order valence-electron chi connectivity index (χ1n) is 7.83. The van der Waals surface area contributed by atoms with E-state index in [0.717, 1.165) is 13.1 Å². The van der Waals surface area contributed by atoms with Gasteiger partial charge in [0, 0.05) is 25.4 Å². The van der Waals surface area contributed by atoms with Crippen LogP contribution in [0.3, 0.4) is 0 Å². The van der Waals surface area contributed by atoms with Crippen molar-refractivity contribution in [1.82, 2.24) is 9.97 Å². The minimum absolute atomic E-state index is 0.281. The van der Waals surface area contributed by atoms with E-state index < -0.39 is 0 Å². The van der Waals surface area contributed by atoms with E-state index >= 15 is 0 Å². The standard InChI is InChI=1S/C17H20FN3O/c18-14-6-8-15(9-7-14)22-16-10-11-19-17(20-16)21-12-4-2-1-3-5-13-21/h6-11H,1-5,12-13H2. The summed E-state index contributed by atoms with van der Waals surface area (Å²) in [6.07, 6.45) is 7.91. The third-order valence-electron chi connectivity index (χ3n) is 3.79. The maximum absolute atomic E-state index is 12.9. The van der Waals surface area contributed by atoms with Gasteiger partial charge in [0.1, 0.15) is 11.6 Å². The second kappa shape index (κ2) is 7.20. The molecule has 0 atom stereocenters. The smallest absolute Gasteiger partial charge is 0.228 e. The normalized spacial score (nSPS) is 16.0. The molecule has 0 aliphatic carbocycles. The first-order chi connectivity index (χ1) is 10.8. The fourth-order valence-corrected chi connectivity index (χ4v) is 2.61. The molecule has 1 fully saturated rings. The maximum Gasteiger partial charge on any atom is 0.228 e. The molecule has 1 aromatic heterocycles. The molecule has 1 aromatic carbocycles. The van der Waals surface area contributed by atoms with Gasteiger partial charge in [0.05, 0.1) is 0 Å². The SMILES string of the molecule is Fc1ccc(Oc2ccnc(N3CCCCCCC3)n2)cc1. The molecule has 0 spiro atoms. The molecule has 0 radical (unpaired) electrons. The summed E-state index contributed by atoms with van der Waals surface area (Å²) in [4.78, 5) is 11.1. The fourth-order valence-electron chi connectivity index (χ4n) is 2.61. The summed E-state index contributed by atoms with van der Waals surface area (Å²) in [5.41, 5.74) is 0. The zero-order chi connectivity index (χ0) is 15.2. The Morgan fingerprint density at radius 1 is 0.909 bits per heavy atom. The van der Waals surface area contributed by atoms with Gasteiger partial charge < -0.3 is 9.64 Å². The van der Waals surface area contributed by atoms with Crippen molar-refractivity contribution in [2.45, 2.75) is 32.1 Å². The number of hydrogen-bond acceptors (Lipinski definition) is 4. The van der Waals surface area contributed by atoms with Crippen LogP contribution in [0.2, 0.25) is 0 Å². The first kappa shape index (κ1) is 14.8. The Kier molecular flexibility index (Phi) is 4.83. The van der Waals surface area contributed by atoms with Crippen molar-refractivity contribution in [3.63, 3.8) is 0 Å². The van der Waals surface area contributed by atoms with Gasteiger partial charge in [-0.25, -0.2) is 9.37 Å².